The molecule has 7 aromatic rings. The van der Waals surface area contributed by atoms with Crippen LogP contribution in [0.25, 0.3) is 16.6 Å². The largest absolute Gasteiger partial charge is 0.493 e. The summed E-state index contributed by atoms with van der Waals surface area (Å²) in [6, 6.07) is 29.3. The molecule has 596 valence electrons. The van der Waals surface area contributed by atoms with E-state index in [1.165, 1.54) is 130 Å². The topological polar surface area (TPSA) is 329 Å². The van der Waals surface area contributed by atoms with Crippen LogP contribution >= 0.6 is 22.6 Å². The molecule has 0 unspecified atom stereocenters. The number of rotatable bonds is 26. The number of non-ortho nitro benzene ring substituents is 2. The van der Waals surface area contributed by atoms with Crippen LogP contribution in [-0.2, 0) is 0 Å². The number of aliphatic hydroxyl groups excluding tert-OH is 2. The van der Waals surface area contributed by atoms with Crippen molar-refractivity contribution >= 4 is 62.2 Å². The molecule has 0 bridgehead atoms. The number of carboxylic acid groups (broad SMARTS) is 1. The van der Waals surface area contributed by atoms with E-state index in [-0.39, 0.29) is 50.5 Å². The number of nitro groups is 2. The first-order valence-corrected chi connectivity index (χ1v) is 37.1. The van der Waals surface area contributed by atoms with Crippen LogP contribution < -0.4 is 50.2 Å². The van der Waals surface area contributed by atoms with Gasteiger partial charge < -0.3 is 79.5 Å². The molecule has 26 nitrogen and oxygen atoms in total. The van der Waals surface area contributed by atoms with E-state index in [4.69, 9.17) is 55.2 Å². The predicted molar refractivity (Wildman–Crippen MR) is 436 cm³/mol. The van der Waals surface area contributed by atoms with Gasteiger partial charge in [0.2, 0.25) is 0 Å². The number of aryl methyl sites for hydroxylation is 3. The van der Waals surface area contributed by atoms with Crippen LogP contribution in [-0.4, -0.2) is 206 Å². The van der Waals surface area contributed by atoms with Crippen LogP contribution in [0.5, 0.6) is 40.2 Å². The molecule has 107 heavy (non-hydrogen) atoms. The third kappa shape index (κ3) is 33.6. The number of ether oxygens (including phenoxy) is 7. The van der Waals surface area contributed by atoms with E-state index in [9.17, 15) is 34.2 Å². The maximum absolute atomic E-state index is 13.2. The predicted octanol–water partition coefficient (Wildman–Crippen LogP) is 14.5. The number of carboxylic acids is 1. The van der Waals surface area contributed by atoms with Crippen molar-refractivity contribution in [1.82, 2.24) is 29.2 Å². The first-order valence-electron chi connectivity index (χ1n) is 35.0. The highest BCUT2D eigenvalue weighted by Crippen LogP contribution is 2.33. The lowest BCUT2D eigenvalue weighted by Gasteiger charge is -2.17. The van der Waals surface area contributed by atoms with Gasteiger partial charge in [0.05, 0.1) is 92.4 Å². The molecule has 0 atom stereocenters. The van der Waals surface area contributed by atoms with E-state index in [2.05, 4.69) is 51.9 Å². The molecule has 4 aliphatic rings. The number of alkyl halides is 1. The van der Waals surface area contributed by atoms with E-state index >= 15 is 0 Å². The molecule has 7 N–H and O–H groups in total. The monoisotopic (exact) mass is 1610 g/mol. The van der Waals surface area contributed by atoms with Crippen molar-refractivity contribution in [3.8, 4) is 45.9 Å². The molecule has 4 saturated heterocycles. The summed E-state index contributed by atoms with van der Waals surface area (Å²) in [4.78, 5) is 59.9. The van der Waals surface area contributed by atoms with Crippen molar-refractivity contribution < 1.29 is 67.5 Å². The number of methoxy groups -OCH3 is 4. The number of benzene rings is 6. The first-order chi connectivity index (χ1) is 50.2. The van der Waals surface area contributed by atoms with Gasteiger partial charge in [0, 0.05) is 75.5 Å². The Morgan fingerprint density at radius 2 is 0.907 bits per heavy atom. The number of hydrogen-bond acceptors (Lipinski definition) is 22. The SMILES string of the molecule is C.C.C.CI.CO.COc1cc(-n2c(C)nc3ccc(C)cc3c2=O)ccc1OCCCN1CCCC1.COc1cc(N)ccc1OCCCN1CCCC1.COc1cc([N+](=O)[O-])ccc1F.COc1cc([N+](=O)[O-])ccc1OCCCN1CCCC1.Cc1ccc(N)c(C(=O)O)c1.OCCCN1CCCC1. The van der Waals surface area contributed by atoms with Gasteiger partial charge in [-0.2, -0.15) is 0 Å². The molecule has 1 aromatic heterocycles. The average Bonchev–Trinajstić information content (AvgIpc) is 1.49. The molecule has 0 amide bonds. The zero-order valence-corrected chi connectivity index (χ0v) is 64.0. The molecular weight excluding hydrogens is 1490 g/mol. The van der Waals surface area contributed by atoms with E-state index in [1.54, 1.807) is 49.1 Å². The molecule has 4 fully saturated rings. The lowest BCUT2D eigenvalue weighted by atomic mass is 10.1. The summed E-state index contributed by atoms with van der Waals surface area (Å²) in [5, 5.41) is 45.6. The van der Waals surface area contributed by atoms with E-state index in [0.29, 0.717) is 76.7 Å². The van der Waals surface area contributed by atoms with Crippen LogP contribution in [0.2, 0.25) is 0 Å². The summed E-state index contributed by atoms with van der Waals surface area (Å²) in [6.45, 7) is 22.0. The fraction of sp³-hybridized carbons (Fsp3) is 0.506. The third-order valence-electron chi connectivity index (χ3n) is 17.0. The Kier molecular flexibility index (Phi) is 48.6. The van der Waals surface area contributed by atoms with Crippen LogP contribution in [0.1, 0.15) is 127 Å². The molecule has 4 aliphatic heterocycles. The molecule has 11 rings (SSSR count). The van der Waals surface area contributed by atoms with Crippen molar-refractivity contribution in [3.63, 3.8) is 0 Å². The standard InChI is InChI=1S/C24H29N3O3.C14H20N2O4.C14H22N2O2.C8H9NO2.C7H6FNO3.C7H15NO.CH3I.CH4O.3CH4/c1-17-7-9-21-20(15-17)24(28)27(18(2)25-21)19-8-10-22(23(16-19)29-3)30-14-6-13-26-11-4-5-12-26;1-19-14-11-12(16(17)18)5-6-13(14)20-10-4-9-15-7-2-3-8-15;1-17-14-11-12(15)5-6-13(14)18-10-4-9-16-7-2-3-8-16;1-5-2-3-7(9)6(4-5)8(10)11;1-12-7-4-5(9(10)11)2-3-6(7)8;9-7-3-6-8-4-1-2-5-8;2*1-2;;;/h7-10,15-16H,4-6,11-14H2,1-3H3;5-6,11H,2-4,7-10H2,1H3;5-6,11H,2-4,7-10,15H2,1H3;2-4H,9H2,1H3,(H,10,11);2-4H,1H3;9H,1-7H2;1H3;2H,1H3;3*1H4. The number of nitrogens with zero attached hydrogens (tertiary/aromatic N) is 8. The van der Waals surface area contributed by atoms with Crippen molar-refractivity contribution in [2.45, 2.75) is 120 Å². The van der Waals surface area contributed by atoms with Gasteiger partial charge in [0.15, 0.2) is 46.1 Å². The highest BCUT2D eigenvalue weighted by molar-refractivity contribution is 14.1. The summed E-state index contributed by atoms with van der Waals surface area (Å²) in [6.07, 6.45) is 14.5. The summed E-state index contributed by atoms with van der Waals surface area (Å²) >= 11 is 2.15. The number of halogens is 2. The van der Waals surface area contributed by atoms with Crippen molar-refractivity contribution in [2.75, 3.05) is 157 Å². The van der Waals surface area contributed by atoms with Gasteiger partial charge in [-0.1, -0.05) is 68.1 Å². The Morgan fingerprint density at radius 1 is 0.523 bits per heavy atom. The molecule has 5 heterocycles. The minimum atomic E-state index is -0.980. The number of likely N-dealkylation sites (tertiary alicyclic amines) is 4. The Balaban J connectivity index is 0.000000661. The van der Waals surface area contributed by atoms with E-state index in [1.807, 2.05) is 74.2 Å². The van der Waals surface area contributed by atoms with Crippen LogP contribution in [0.15, 0.2) is 114 Å². The normalized spacial score (nSPS) is 13.5. The Bertz CT molecular complexity index is 3760. The fourth-order valence-corrected chi connectivity index (χ4v) is 11.7. The third-order valence-corrected chi connectivity index (χ3v) is 17.0. The summed E-state index contributed by atoms with van der Waals surface area (Å²) in [5.74, 6) is 2.67. The van der Waals surface area contributed by atoms with Crippen LogP contribution in [0.4, 0.5) is 27.1 Å². The van der Waals surface area contributed by atoms with Gasteiger partial charge >= 0.3 is 5.97 Å². The Labute approximate surface area is 646 Å². The second kappa shape index (κ2) is 54.0. The summed E-state index contributed by atoms with van der Waals surface area (Å²) in [7, 11) is 6.98. The molecular formula is C79H120FIN10O16. The number of nitrogens with two attached hydrogens (primary N) is 2. The molecule has 6 aromatic carbocycles. The van der Waals surface area contributed by atoms with Crippen molar-refractivity contribution in [3.05, 3.63) is 168 Å². The van der Waals surface area contributed by atoms with Gasteiger partial charge in [-0.15, -0.1) is 0 Å². The van der Waals surface area contributed by atoms with E-state index in [0.717, 1.165) is 106 Å². The minimum absolute atomic E-state index is 0. The molecule has 28 heteroatoms. The molecule has 0 aliphatic carbocycles. The van der Waals surface area contributed by atoms with Crippen molar-refractivity contribution in [2.24, 2.45) is 0 Å². The number of fused-ring (bicyclic) bond motifs is 1. The summed E-state index contributed by atoms with van der Waals surface area (Å²) < 4.78 is 52.1. The van der Waals surface area contributed by atoms with Crippen LogP contribution in [0.3, 0.4) is 0 Å². The number of nitrogen functional groups attached to an aromatic ring is 2. The van der Waals surface area contributed by atoms with Gasteiger partial charge in [0.1, 0.15) is 5.82 Å². The van der Waals surface area contributed by atoms with Crippen molar-refractivity contribution in [1.29, 1.82) is 0 Å². The van der Waals surface area contributed by atoms with E-state index < -0.39 is 21.6 Å². The number of aliphatic hydroxyl groups is 2. The minimum Gasteiger partial charge on any atom is -0.493 e. The highest BCUT2D eigenvalue weighted by Gasteiger charge is 2.19. The fourth-order valence-electron chi connectivity index (χ4n) is 11.7. The lowest BCUT2D eigenvalue weighted by molar-refractivity contribution is -0.385. The van der Waals surface area contributed by atoms with Crippen LogP contribution in [0, 0.1) is 46.8 Å². The van der Waals surface area contributed by atoms with Gasteiger partial charge in [-0.25, -0.2) is 14.2 Å². The number of aromatic nitrogens is 2. The van der Waals surface area contributed by atoms with Gasteiger partial charge in [-0.05, 0) is 216 Å². The zero-order chi connectivity index (χ0) is 76.3. The number of carbonyl (C=O) groups is 1. The molecule has 0 radical (unpaired) electrons. The average molecular weight is 1610 g/mol. The van der Waals surface area contributed by atoms with Gasteiger partial charge in [-0.3, -0.25) is 29.6 Å². The Morgan fingerprint density at radius 3 is 1.33 bits per heavy atom. The molecule has 0 saturated carbocycles. The number of nitro benzene ring substituents is 2. The first kappa shape index (κ1) is 96.4. The number of hydrogen-bond donors (Lipinski definition) is 5. The lowest BCUT2D eigenvalue weighted by Crippen LogP contribution is -2.22. The zero-order valence-electron chi connectivity index (χ0n) is 61.8. The Hall–Kier alpha value is -8.65. The maximum atomic E-state index is 13.2. The second-order valence-corrected chi connectivity index (χ2v) is 24.5. The smallest absolute Gasteiger partial charge is 0.337 e. The molecule has 0 spiro atoms. The highest BCUT2D eigenvalue weighted by atomic mass is 127. The maximum Gasteiger partial charge on any atom is 0.337 e. The number of anilines is 2. The quantitative estimate of drug-likeness (QED) is 0.00840. The second-order valence-electron chi connectivity index (χ2n) is 24.5. The van der Waals surface area contributed by atoms with Gasteiger partial charge in [0.25, 0.3) is 16.9 Å². The summed E-state index contributed by atoms with van der Waals surface area (Å²) in [5.41, 5.74) is 15.4. The number of aromatic carboxylic acids is 1.